The maximum atomic E-state index is 11.9. The van der Waals surface area contributed by atoms with Crippen molar-refractivity contribution < 1.29 is 4.79 Å². The number of carbonyl (C=O) groups is 1. The Morgan fingerprint density at radius 2 is 1.79 bits per heavy atom. The smallest absolute Gasteiger partial charge is 0.315 e. The van der Waals surface area contributed by atoms with Gasteiger partial charge in [0.1, 0.15) is 0 Å². The third kappa shape index (κ3) is 6.66. The van der Waals surface area contributed by atoms with E-state index in [1.165, 1.54) is 19.3 Å². The van der Waals surface area contributed by atoms with E-state index in [2.05, 4.69) is 26.5 Å². The molecule has 0 aromatic heterocycles. The minimum absolute atomic E-state index is 0.0267. The Morgan fingerprint density at radius 1 is 1.10 bits per heavy atom. The molecule has 1 saturated heterocycles. The van der Waals surface area contributed by atoms with Crippen LogP contribution < -0.4 is 15.5 Å². The summed E-state index contributed by atoms with van der Waals surface area (Å²) in [6.45, 7) is 9.24. The maximum absolute atomic E-state index is 11.9. The number of hydrogen-bond donors (Lipinski definition) is 2. The van der Waals surface area contributed by atoms with Crippen LogP contribution in [-0.4, -0.2) is 55.7 Å². The Balaban J connectivity index is 1.34. The van der Waals surface area contributed by atoms with Gasteiger partial charge in [-0.3, -0.25) is 4.90 Å². The van der Waals surface area contributed by atoms with Crippen LogP contribution in [0.25, 0.3) is 0 Å². The Morgan fingerprint density at radius 3 is 2.45 bits per heavy atom. The number of halogens is 2. The van der Waals surface area contributed by atoms with E-state index in [1.807, 2.05) is 26.0 Å². The standard InChI is InChI=1S/C22H34Cl2N4O/c1-16(2)25-22(29)26-18-8-6-17(7-9-18)10-11-27-12-14-28(15-13-27)20-5-3-4-19(23)21(20)24/h3-5,16-18H,6-15H2,1-2H3,(H2,25,26,29). The molecular formula is C22H34Cl2N4O. The van der Waals surface area contributed by atoms with Gasteiger partial charge >= 0.3 is 6.03 Å². The van der Waals surface area contributed by atoms with Crippen LogP contribution in [0.2, 0.25) is 10.0 Å². The molecule has 0 unspecified atom stereocenters. The van der Waals surface area contributed by atoms with Gasteiger partial charge in [-0.1, -0.05) is 29.3 Å². The number of piperazine rings is 1. The second-order valence-electron chi connectivity index (χ2n) is 8.68. The molecule has 29 heavy (non-hydrogen) atoms. The van der Waals surface area contributed by atoms with E-state index in [4.69, 9.17) is 23.2 Å². The summed E-state index contributed by atoms with van der Waals surface area (Å²) in [5.74, 6) is 0.779. The van der Waals surface area contributed by atoms with Crippen LogP contribution in [0.4, 0.5) is 10.5 Å². The predicted octanol–water partition coefficient (Wildman–Crippen LogP) is 4.77. The van der Waals surface area contributed by atoms with Crippen molar-refractivity contribution in [2.75, 3.05) is 37.6 Å². The monoisotopic (exact) mass is 440 g/mol. The third-order valence-corrected chi connectivity index (χ3v) is 6.91. The van der Waals surface area contributed by atoms with Gasteiger partial charge in [-0.15, -0.1) is 0 Å². The van der Waals surface area contributed by atoms with E-state index >= 15 is 0 Å². The Labute approximate surface area is 185 Å². The van der Waals surface area contributed by atoms with Gasteiger partial charge in [0.2, 0.25) is 0 Å². The molecule has 7 heteroatoms. The molecule has 0 bridgehead atoms. The predicted molar refractivity (Wildman–Crippen MR) is 122 cm³/mol. The van der Waals surface area contributed by atoms with Crippen molar-refractivity contribution in [2.45, 2.75) is 58.0 Å². The normalized spacial score (nSPS) is 23.3. The highest BCUT2D eigenvalue weighted by atomic mass is 35.5. The van der Waals surface area contributed by atoms with E-state index in [0.29, 0.717) is 16.1 Å². The van der Waals surface area contributed by atoms with Gasteiger partial charge in [-0.2, -0.15) is 0 Å². The van der Waals surface area contributed by atoms with Crippen molar-refractivity contribution in [3.63, 3.8) is 0 Å². The summed E-state index contributed by atoms with van der Waals surface area (Å²) in [4.78, 5) is 16.8. The number of carbonyl (C=O) groups excluding carboxylic acids is 1. The van der Waals surface area contributed by atoms with Gasteiger partial charge in [0.05, 0.1) is 15.7 Å². The number of hydrogen-bond acceptors (Lipinski definition) is 3. The summed E-state index contributed by atoms with van der Waals surface area (Å²) in [5, 5.41) is 7.32. The number of urea groups is 1. The van der Waals surface area contributed by atoms with Crippen molar-refractivity contribution >= 4 is 34.9 Å². The van der Waals surface area contributed by atoms with Crippen LogP contribution in [0, 0.1) is 5.92 Å². The molecule has 0 atom stereocenters. The molecule has 0 spiro atoms. The Bertz CT molecular complexity index is 669. The lowest BCUT2D eigenvalue weighted by Gasteiger charge is -2.37. The summed E-state index contributed by atoms with van der Waals surface area (Å²) in [6.07, 6.45) is 5.87. The van der Waals surface area contributed by atoms with Crippen molar-refractivity contribution in [2.24, 2.45) is 5.92 Å². The first kappa shape index (κ1) is 22.5. The maximum Gasteiger partial charge on any atom is 0.315 e. The van der Waals surface area contributed by atoms with Crippen LogP contribution in [0.15, 0.2) is 18.2 Å². The molecule has 2 N–H and O–H groups in total. The highest BCUT2D eigenvalue weighted by Gasteiger charge is 2.24. The quantitative estimate of drug-likeness (QED) is 0.669. The lowest BCUT2D eigenvalue weighted by atomic mass is 9.84. The molecule has 1 aliphatic heterocycles. The Hall–Kier alpha value is -1.17. The topological polar surface area (TPSA) is 47.6 Å². The first-order valence-electron chi connectivity index (χ1n) is 10.9. The highest BCUT2D eigenvalue weighted by molar-refractivity contribution is 6.43. The first-order chi connectivity index (χ1) is 13.9. The molecular weight excluding hydrogens is 407 g/mol. The van der Waals surface area contributed by atoms with E-state index in [0.717, 1.165) is 57.2 Å². The fraction of sp³-hybridized carbons (Fsp3) is 0.682. The molecule has 1 saturated carbocycles. The van der Waals surface area contributed by atoms with E-state index in [9.17, 15) is 4.79 Å². The number of anilines is 1. The van der Waals surface area contributed by atoms with Crippen molar-refractivity contribution in [3.8, 4) is 0 Å². The van der Waals surface area contributed by atoms with Gasteiger partial charge in [0.15, 0.2) is 0 Å². The molecule has 1 aromatic carbocycles. The summed E-state index contributed by atoms with van der Waals surface area (Å²) < 4.78 is 0. The molecule has 1 heterocycles. The summed E-state index contributed by atoms with van der Waals surface area (Å²) in [5.41, 5.74) is 1.05. The second-order valence-corrected chi connectivity index (χ2v) is 9.47. The van der Waals surface area contributed by atoms with Crippen molar-refractivity contribution in [1.82, 2.24) is 15.5 Å². The lowest BCUT2D eigenvalue weighted by Crippen LogP contribution is -2.47. The number of nitrogens with zero attached hydrogens (tertiary/aromatic N) is 2. The van der Waals surface area contributed by atoms with Gasteiger partial charge < -0.3 is 15.5 Å². The summed E-state index contributed by atoms with van der Waals surface area (Å²) >= 11 is 12.5. The lowest BCUT2D eigenvalue weighted by molar-refractivity contribution is 0.204. The zero-order valence-corrected chi connectivity index (χ0v) is 19.1. The van der Waals surface area contributed by atoms with Crippen molar-refractivity contribution in [1.29, 1.82) is 0 Å². The molecule has 1 aromatic rings. The zero-order valence-electron chi connectivity index (χ0n) is 17.6. The molecule has 162 valence electrons. The minimum atomic E-state index is -0.0267. The number of amides is 2. The second kappa shape index (κ2) is 10.7. The van der Waals surface area contributed by atoms with Gasteiger partial charge in [0.25, 0.3) is 0 Å². The first-order valence-corrected chi connectivity index (χ1v) is 11.7. The van der Waals surface area contributed by atoms with Crippen LogP contribution >= 0.6 is 23.2 Å². The average Bonchev–Trinajstić information content (AvgIpc) is 2.69. The van der Waals surface area contributed by atoms with Crippen LogP contribution in [-0.2, 0) is 0 Å². The van der Waals surface area contributed by atoms with Crippen LogP contribution in [0.1, 0.15) is 46.0 Å². The summed E-state index contributed by atoms with van der Waals surface area (Å²) in [7, 11) is 0. The van der Waals surface area contributed by atoms with Gasteiger partial charge in [-0.25, -0.2) is 4.79 Å². The molecule has 1 aliphatic carbocycles. The summed E-state index contributed by atoms with van der Waals surface area (Å²) in [6, 6.07) is 6.34. The minimum Gasteiger partial charge on any atom is -0.368 e. The SMILES string of the molecule is CC(C)NC(=O)NC1CCC(CCN2CCN(c3cccc(Cl)c3Cl)CC2)CC1. The highest BCUT2D eigenvalue weighted by Crippen LogP contribution is 2.33. The average molecular weight is 441 g/mol. The van der Waals surface area contributed by atoms with Gasteiger partial charge in [0, 0.05) is 38.3 Å². The Kier molecular flexibility index (Phi) is 8.34. The van der Waals surface area contributed by atoms with Crippen LogP contribution in [0.3, 0.4) is 0 Å². The molecule has 2 fully saturated rings. The van der Waals surface area contributed by atoms with E-state index < -0.39 is 0 Å². The molecule has 3 rings (SSSR count). The number of rotatable bonds is 6. The van der Waals surface area contributed by atoms with E-state index in [1.54, 1.807) is 0 Å². The largest absolute Gasteiger partial charge is 0.368 e. The third-order valence-electron chi connectivity index (χ3n) is 6.10. The molecule has 5 nitrogen and oxygen atoms in total. The van der Waals surface area contributed by atoms with E-state index in [-0.39, 0.29) is 12.1 Å². The number of nitrogens with one attached hydrogen (secondary N) is 2. The molecule has 2 amide bonds. The fourth-order valence-electron chi connectivity index (χ4n) is 4.40. The number of benzene rings is 1. The molecule has 2 aliphatic rings. The molecule has 0 radical (unpaired) electrons. The zero-order chi connectivity index (χ0) is 20.8. The van der Waals surface area contributed by atoms with Crippen molar-refractivity contribution in [3.05, 3.63) is 28.2 Å². The van der Waals surface area contributed by atoms with Gasteiger partial charge in [-0.05, 0) is 70.5 Å². The van der Waals surface area contributed by atoms with Crippen LogP contribution in [0.5, 0.6) is 0 Å². The fourth-order valence-corrected chi connectivity index (χ4v) is 4.81.